The minimum Gasteiger partial charge on any atom is -0.481 e. The molecule has 0 aromatic heterocycles. The number of hydrogen-bond donors (Lipinski definition) is 1. The smallest absolute Gasteiger partial charge is 0.311 e. The third-order valence-electron chi connectivity index (χ3n) is 2.30. The lowest BCUT2D eigenvalue weighted by Crippen LogP contribution is -2.12. The molecule has 0 bridgehead atoms. The molecule has 1 rings (SSSR count). The van der Waals surface area contributed by atoms with Crippen molar-refractivity contribution in [1.82, 2.24) is 0 Å². The molecule has 0 saturated carbocycles. The number of carboxylic acids is 1. The molecular weight excluding hydrogens is 244 g/mol. The molecule has 1 N–H and O–H groups in total. The fraction of sp³-hybridized carbons (Fsp3) is 0.417. The van der Waals surface area contributed by atoms with Gasteiger partial charge in [0.1, 0.15) is 0 Å². The minimum atomic E-state index is -0.779. The van der Waals surface area contributed by atoms with Crippen LogP contribution in [0.15, 0.2) is 24.3 Å². The van der Waals surface area contributed by atoms with Crippen LogP contribution in [0.4, 0.5) is 0 Å². The van der Waals surface area contributed by atoms with E-state index in [1.165, 1.54) is 0 Å². The maximum Gasteiger partial charge on any atom is 0.311 e. The Kier molecular flexibility index (Phi) is 5.71. The molecule has 0 spiro atoms. The van der Waals surface area contributed by atoms with Crippen molar-refractivity contribution in [2.75, 3.05) is 11.5 Å². The minimum absolute atomic E-state index is 0.447. The van der Waals surface area contributed by atoms with Crippen molar-refractivity contribution in [3.8, 4) is 0 Å². The normalized spacial score (nSPS) is 12.4. The van der Waals surface area contributed by atoms with Crippen LogP contribution in [0.25, 0.3) is 0 Å². The molecule has 0 fully saturated rings. The molecule has 2 nitrogen and oxygen atoms in total. The van der Waals surface area contributed by atoms with Gasteiger partial charge in [-0.25, -0.2) is 0 Å². The van der Waals surface area contributed by atoms with Gasteiger partial charge in [0.05, 0.1) is 5.92 Å². The highest BCUT2D eigenvalue weighted by molar-refractivity contribution is 7.99. The summed E-state index contributed by atoms with van der Waals surface area (Å²) < 4.78 is 0. The van der Waals surface area contributed by atoms with Crippen LogP contribution in [0, 0.1) is 0 Å². The molecule has 0 aliphatic heterocycles. The Morgan fingerprint density at radius 3 is 2.88 bits per heavy atom. The Bertz CT molecular complexity index is 355. The van der Waals surface area contributed by atoms with E-state index in [0.717, 1.165) is 17.1 Å². The summed E-state index contributed by atoms with van der Waals surface area (Å²) >= 11 is 7.61. The molecule has 4 heteroatoms. The van der Waals surface area contributed by atoms with E-state index in [2.05, 4.69) is 6.92 Å². The topological polar surface area (TPSA) is 37.3 Å². The summed E-state index contributed by atoms with van der Waals surface area (Å²) in [6, 6.07) is 7.10. The van der Waals surface area contributed by atoms with Crippen molar-refractivity contribution in [1.29, 1.82) is 0 Å². The van der Waals surface area contributed by atoms with Crippen molar-refractivity contribution in [3.63, 3.8) is 0 Å². The van der Waals surface area contributed by atoms with Crippen LogP contribution in [0.5, 0.6) is 0 Å². The van der Waals surface area contributed by atoms with E-state index < -0.39 is 11.9 Å². The summed E-state index contributed by atoms with van der Waals surface area (Å²) in [4.78, 5) is 11.2. The van der Waals surface area contributed by atoms with Crippen LogP contribution in [0.1, 0.15) is 24.8 Å². The van der Waals surface area contributed by atoms with Crippen LogP contribution >= 0.6 is 23.4 Å². The van der Waals surface area contributed by atoms with E-state index in [1.807, 2.05) is 6.07 Å². The molecule has 1 aromatic rings. The maximum atomic E-state index is 11.2. The van der Waals surface area contributed by atoms with E-state index in [1.54, 1.807) is 30.0 Å². The molecule has 0 amide bonds. The zero-order chi connectivity index (χ0) is 12.0. The van der Waals surface area contributed by atoms with Crippen molar-refractivity contribution >= 4 is 29.3 Å². The lowest BCUT2D eigenvalue weighted by Gasteiger charge is -2.12. The van der Waals surface area contributed by atoms with Gasteiger partial charge in [0.25, 0.3) is 0 Å². The van der Waals surface area contributed by atoms with Crippen LogP contribution < -0.4 is 0 Å². The first-order valence-electron chi connectivity index (χ1n) is 5.21. The highest BCUT2D eigenvalue weighted by Crippen LogP contribution is 2.24. The number of aliphatic carboxylic acids is 1. The number of halogens is 1. The average molecular weight is 259 g/mol. The molecule has 0 heterocycles. The highest BCUT2D eigenvalue weighted by atomic mass is 35.5. The standard InChI is InChI=1S/C12H15ClO2S/c1-2-16-7-6-11(12(14)15)9-4-3-5-10(13)8-9/h3-5,8,11H,2,6-7H2,1H3,(H,14,15). The van der Waals surface area contributed by atoms with Gasteiger partial charge in [-0.1, -0.05) is 30.7 Å². The summed E-state index contributed by atoms with van der Waals surface area (Å²) in [5.41, 5.74) is 0.789. The van der Waals surface area contributed by atoms with Gasteiger partial charge >= 0.3 is 5.97 Å². The summed E-state index contributed by atoms with van der Waals surface area (Å²) in [5, 5.41) is 9.75. The van der Waals surface area contributed by atoms with Crippen LogP contribution in [-0.2, 0) is 4.79 Å². The predicted molar refractivity (Wildman–Crippen MR) is 69.4 cm³/mol. The van der Waals surface area contributed by atoms with E-state index in [9.17, 15) is 4.79 Å². The fourth-order valence-electron chi connectivity index (χ4n) is 1.50. The zero-order valence-electron chi connectivity index (χ0n) is 9.15. The predicted octanol–water partition coefficient (Wildman–Crippen LogP) is 3.65. The second-order valence-electron chi connectivity index (χ2n) is 3.43. The fourth-order valence-corrected chi connectivity index (χ4v) is 2.39. The number of rotatable bonds is 6. The van der Waals surface area contributed by atoms with Gasteiger partial charge in [0.15, 0.2) is 0 Å². The molecule has 88 valence electrons. The maximum absolute atomic E-state index is 11.2. The van der Waals surface area contributed by atoms with Gasteiger partial charge in [-0.3, -0.25) is 4.79 Å². The van der Waals surface area contributed by atoms with Crippen molar-refractivity contribution in [2.45, 2.75) is 19.3 Å². The zero-order valence-corrected chi connectivity index (χ0v) is 10.7. The molecule has 1 atom stereocenters. The van der Waals surface area contributed by atoms with Gasteiger partial charge in [0.2, 0.25) is 0 Å². The largest absolute Gasteiger partial charge is 0.481 e. The second kappa shape index (κ2) is 6.81. The SMILES string of the molecule is CCSCCC(C(=O)O)c1cccc(Cl)c1. The quantitative estimate of drug-likeness (QED) is 0.792. The first-order valence-corrected chi connectivity index (χ1v) is 6.74. The van der Waals surface area contributed by atoms with Crippen molar-refractivity contribution in [2.24, 2.45) is 0 Å². The second-order valence-corrected chi connectivity index (χ2v) is 5.26. The van der Waals surface area contributed by atoms with Crippen LogP contribution in [0.2, 0.25) is 5.02 Å². The first-order chi connectivity index (χ1) is 7.65. The Morgan fingerprint density at radius 1 is 1.56 bits per heavy atom. The Balaban J connectivity index is 2.73. The van der Waals surface area contributed by atoms with Gasteiger partial charge < -0.3 is 5.11 Å². The van der Waals surface area contributed by atoms with E-state index in [4.69, 9.17) is 16.7 Å². The number of hydrogen-bond acceptors (Lipinski definition) is 2. The van der Waals surface area contributed by atoms with Gasteiger partial charge in [-0.15, -0.1) is 0 Å². The molecule has 1 unspecified atom stereocenters. The third-order valence-corrected chi connectivity index (χ3v) is 3.47. The lowest BCUT2D eigenvalue weighted by atomic mass is 9.97. The first kappa shape index (κ1) is 13.4. The summed E-state index contributed by atoms with van der Waals surface area (Å²) in [5.74, 6) is 0.652. The number of carbonyl (C=O) groups is 1. The number of benzene rings is 1. The molecule has 0 radical (unpaired) electrons. The highest BCUT2D eigenvalue weighted by Gasteiger charge is 2.19. The van der Waals surface area contributed by atoms with Crippen molar-refractivity contribution in [3.05, 3.63) is 34.9 Å². The third kappa shape index (κ3) is 4.06. The molecular formula is C12H15ClO2S. The molecule has 0 saturated heterocycles. The summed E-state index contributed by atoms with van der Waals surface area (Å²) in [7, 11) is 0. The Morgan fingerprint density at radius 2 is 2.31 bits per heavy atom. The van der Waals surface area contributed by atoms with Crippen LogP contribution in [0.3, 0.4) is 0 Å². The lowest BCUT2D eigenvalue weighted by molar-refractivity contribution is -0.138. The van der Waals surface area contributed by atoms with Crippen LogP contribution in [-0.4, -0.2) is 22.6 Å². The summed E-state index contributed by atoms with van der Waals surface area (Å²) in [6.07, 6.45) is 0.647. The van der Waals surface area contributed by atoms with E-state index >= 15 is 0 Å². The van der Waals surface area contributed by atoms with Gasteiger partial charge in [-0.2, -0.15) is 11.8 Å². The van der Waals surface area contributed by atoms with Crippen molar-refractivity contribution < 1.29 is 9.90 Å². The van der Waals surface area contributed by atoms with Gasteiger partial charge in [-0.05, 0) is 35.6 Å². The monoisotopic (exact) mass is 258 g/mol. The number of carboxylic acid groups (broad SMARTS) is 1. The van der Waals surface area contributed by atoms with Gasteiger partial charge in [0, 0.05) is 5.02 Å². The molecule has 0 aliphatic carbocycles. The molecule has 0 aliphatic rings. The molecule has 1 aromatic carbocycles. The number of thioether (sulfide) groups is 1. The van der Waals surface area contributed by atoms with E-state index in [-0.39, 0.29) is 0 Å². The average Bonchev–Trinajstić information content (AvgIpc) is 2.24. The Hall–Kier alpha value is -0.670. The van der Waals surface area contributed by atoms with E-state index in [0.29, 0.717) is 11.4 Å². The molecule has 16 heavy (non-hydrogen) atoms. The Labute approximate surface area is 105 Å². The summed E-state index contributed by atoms with van der Waals surface area (Å²) in [6.45, 7) is 2.07.